The summed E-state index contributed by atoms with van der Waals surface area (Å²) < 4.78 is 6.14. The molecule has 19 heavy (non-hydrogen) atoms. The lowest BCUT2D eigenvalue weighted by molar-refractivity contribution is 0.156. The van der Waals surface area contributed by atoms with Crippen LogP contribution < -0.4 is 15.0 Å². The number of piperidine rings is 1. The maximum absolute atomic E-state index is 6.14. The summed E-state index contributed by atoms with van der Waals surface area (Å²) in [6, 6.07) is 4.14. The second kappa shape index (κ2) is 6.48. The molecule has 0 amide bonds. The van der Waals surface area contributed by atoms with Crippen molar-refractivity contribution in [2.75, 3.05) is 42.6 Å². The first kappa shape index (κ1) is 13.1. The lowest BCUT2D eigenvalue weighted by atomic mass is 10.1. The van der Waals surface area contributed by atoms with E-state index in [1.54, 1.807) is 0 Å². The lowest BCUT2D eigenvalue weighted by Crippen LogP contribution is -2.36. The maximum atomic E-state index is 6.14. The second-order valence-electron chi connectivity index (χ2n) is 4.99. The van der Waals surface area contributed by atoms with Crippen molar-refractivity contribution in [3.05, 3.63) is 18.3 Å². The van der Waals surface area contributed by atoms with Gasteiger partial charge in [-0.15, -0.1) is 0 Å². The minimum atomic E-state index is 0.314. The highest BCUT2D eigenvalue weighted by Crippen LogP contribution is 2.29. The number of aromatic nitrogens is 1. The van der Waals surface area contributed by atoms with Crippen molar-refractivity contribution in [1.29, 1.82) is 0 Å². The van der Waals surface area contributed by atoms with Crippen LogP contribution in [0.3, 0.4) is 0 Å². The minimum Gasteiger partial charge on any atom is -0.473 e. The van der Waals surface area contributed by atoms with Crippen LogP contribution in [0.5, 0.6) is 5.88 Å². The molecule has 3 heterocycles. The van der Waals surface area contributed by atoms with Crippen molar-refractivity contribution in [2.45, 2.75) is 18.9 Å². The Morgan fingerprint density at radius 2 is 2.05 bits per heavy atom. The molecule has 4 nitrogen and oxygen atoms in total. The lowest BCUT2D eigenvalue weighted by Gasteiger charge is -2.31. The predicted octanol–water partition coefficient (Wildman–Crippen LogP) is 1.77. The van der Waals surface area contributed by atoms with Gasteiger partial charge in [0.25, 0.3) is 0 Å². The number of hydrogen-bond donors (Lipinski definition) is 1. The Hall–Kier alpha value is -0.940. The van der Waals surface area contributed by atoms with Crippen LogP contribution in [0.1, 0.15) is 12.8 Å². The van der Waals surface area contributed by atoms with Gasteiger partial charge < -0.3 is 15.0 Å². The third-order valence-corrected chi connectivity index (χ3v) is 4.61. The topological polar surface area (TPSA) is 37.4 Å². The zero-order valence-corrected chi connectivity index (χ0v) is 12.0. The van der Waals surface area contributed by atoms with Crippen LogP contribution in [0.2, 0.25) is 0 Å². The quantitative estimate of drug-likeness (QED) is 0.912. The molecule has 2 aliphatic heterocycles. The molecule has 5 heteroatoms. The number of nitrogens with zero attached hydrogens (tertiary/aromatic N) is 2. The summed E-state index contributed by atoms with van der Waals surface area (Å²) in [7, 11) is 0. The number of ether oxygens (including phenoxy) is 1. The summed E-state index contributed by atoms with van der Waals surface area (Å²) >= 11 is 2.02. The molecule has 0 saturated carbocycles. The van der Waals surface area contributed by atoms with E-state index in [0.29, 0.717) is 6.10 Å². The third kappa shape index (κ3) is 3.34. The first-order valence-corrected chi connectivity index (χ1v) is 8.24. The normalized spacial score (nSPS) is 21.4. The minimum absolute atomic E-state index is 0.314. The SMILES string of the molecule is c1cnc(OC2CCNCC2)c(N2CCSCC2)c1. The Balaban J connectivity index is 1.72. The van der Waals surface area contributed by atoms with E-state index in [2.05, 4.69) is 21.3 Å². The van der Waals surface area contributed by atoms with E-state index in [9.17, 15) is 0 Å². The monoisotopic (exact) mass is 279 g/mol. The van der Waals surface area contributed by atoms with Gasteiger partial charge in [0, 0.05) is 30.8 Å². The van der Waals surface area contributed by atoms with Gasteiger partial charge in [0.05, 0.1) is 5.69 Å². The summed E-state index contributed by atoms with van der Waals surface area (Å²) in [4.78, 5) is 6.86. The van der Waals surface area contributed by atoms with Crippen molar-refractivity contribution in [3.63, 3.8) is 0 Å². The Morgan fingerprint density at radius 3 is 2.84 bits per heavy atom. The van der Waals surface area contributed by atoms with Crippen LogP contribution >= 0.6 is 11.8 Å². The molecule has 2 aliphatic rings. The molecule has 1 N–H and O–H groups in total. The van der Waals surface area contributed by atoms with Crippen molar-refractivity contribution in [2.24, 2.45) is 0 Å². The van der Waals surface area contributed by atoms with E-state index in [-0.39, 0.29) is 0 Å². The van der Waals surface area contributed by atoms with Crippen molar-refractivity contribution >= 4 is 17.4 Å². The van der Waals surface area contributed by atoms with Crippen LogP contribution in [0.25, 0.3) is 0 Å². The van der Waals surface area contributed by atoms with Crippen LogP contribution in [-0.2, 0) is 0 Å². The molecule has 0 unspecified atom stereocenters. The van der Waals surface area contributed by atoms with E-state index in [4.69, 9.17) is 4.74 Å². The average Bonchev–Trinajstić information content (AvgIpc) is 2.50. The highest BCUT2D eigenvalue weighted by atomic mass is 32.2. The molecule has 3 rings (SSSR count). The Kier molecular flexibility index (Phi) is 4.45. The Bertz CT molecular complexity index is 403. The predicted molar refractivity (Wildman–Crippen MR) is 80.3 cm³/mol. The molecule has 0 bridgehead atoms. The molecule has 1 aromatic rings. The number of nitrogens with one attached hydrogen (secondary N) is 1. The van der Waals surface area contributed by atoms with Gasteiger partial charge in [0.1, 0.15) is 6.10 Å². The molecular weight excluding hydrogens is 258 g/mol. The number of thioether (sulfide) groups is 1. The Morgan fingerprint density at radius 1 is 1.26 bits per heavy atom. The Labute approximate surface area is 118 Å². The summed E-state index contributed by atoms with van der Waals surface area (Å²) in [5, 5.41) is 3.36. The standard InChI is InChI=1S/C14H21N3OS/c1-2-13(17-8-10-19-11-9-17)14(16-5-1)18-12-3-6-15-7-4-12/h1-2,5,12,15H,3-4,6-11H2. The fourth-order valence-corrected chi connectivity index (χ4v) is 3.49. The van der Waals surface area contributed by atoms with Gasteiger partial charge in [-0.1, -0.05) is 0 Å². The summed E-state index contributed by atoms with van der Waals surface area (Å²) in [5.74, 6) is 3.21. The number of rotatable bonds is 3. The van der Waals surface area contributed by atoms with E-state index >= 15 is 0 Å². The van der Waals surface area contributed by atoms with Crippen LogP contribution in [-0.4, -0.2) is 48.8 Å². The first-order chi connectivity index (χ1) is 9.43. The molecule has 2 fully saturated rings. The molecule has 104 valence electrons. The van der Waals surface area contributed by atoms with Crippen molar-refractivity contribution in [1.82, 2.24) is 10.3 Å². The van der Waals surface area contributed by atoms with Crippen LogP contribution in [0.4, 0.5) is 5.69 Å². The van der Waals surface area contributed by atoms with E-state index < -0.39 is 0 Å². The largest absolute Gasteiger partial charge is 0.473 e. The second-order valence-corrected chi connectivity index (χ2v) is 6.22. The zero-order chi connectivity index (χ0) is 12.9. The molecule has 0 spiro atoms. The number of hydrogen-bond acceptors (Lipinski definition) is 5. The number of pyridine rings is 1. The molecule has 0 aromatic carbocycles. The molecule has 0 radical (unpaired) electrons. The van der Waals surface area contributed by atoms with Gasteiger partial charge in [-0.2, -0.15) is 11.8 Å². The highest BCUT2D eigenvalue weighted by Gasteiger charge is 2.20. The molecule has 1 aromatic heterocycles. The van der Waals surface area contributed by atoms with Gasteiger partial charge in [-0.3, -0.25) is 0 Å². The first-order valence-electron chi connectivity index (χ1n) is 7.08. The van der Waals surface area contributed by atoms with Gasteiger partial charge in [-0.05, 0) is 38.1 Å². The van der Waals surface area contributed by atoms with Gasteiger partial charge in [0.2, 0.25) is 5.88 Å². The third-order valence-electron chi connectivity index (χ3n) is 3.67. The smallest absolute Gasteiger partial charge is 0.237 e. The molecule has 2 saturated heterocycles. The summed E-state index contributed by atoms with van der Waals surface area (Å²) in [6.45, 7) is 4.29. The average molecular weight is 279 g/mol. The van der Waals surface area contributed by atoms with Crippen molar-refractivity contribution < 1.29 is 4.74 Å². The molecule has 0 atom stereocenters. The van der Waals surface area contributed by atoms with E-state index in [1.165, 1.54) is 17.2 Å². The molecule has 0 aliphatic carbocycles. The fourth-order valence-electron chi connectivity index (χ4n) is 2.59. The van der Waals surface area contributed by atoms with Crippen molar-refractivity contribution in [3.8, 4) is 5.88 Å². The van der Waals surface area contributed by atoms with Crippen LogP contribution in [0.15, 0.2) is 18.3 Å². The summed E-state index contributed by atoms with van der Waals surface area (Å²) in [5.41, 5.74) is 1.17. The molecular formula is C14H21N3OS. The van der Waals surface area contributed by atoms with E-state index in [0.717, 1.165) is 44.9 Å². The zero-order valence-electron chi connectivity index (χ0n) is 11.2. The number of anilines is 1. The van der Waals surface area contributed by atoms with Gasteiger partial charge in [-0.25, -0.2) is 4.98 Å². The highest BCUT2D eigenvalue weighted by molar-refractivity contribution is 7.99. The van der Waals surface area contributed by atoms with E-state index in [1.807, 2.05) is 24.0 Å². The van der Waals surface area contributed by atoms with Crippen LogP contribution in [0, 0.1) is 0 Å². The summed E-state index contributed by atoms with van der Waals surface area (Å²) in [6.07, 6.45) is 4.30. The fraction of sp³-hybridized carbons (Fsp3) is 0.643. The van der Waals surface area contributed by atoms with Gasteiger partial charge >= 0.3 is 0 Å². The van der Waals surface area contributed by atoms with Gasteiger partial charge in [0.15, 0.2) is 0 Å². The maximum Gasteiger partial charge on any atom is 0.237 e.